The maximum absolute atomic E-state index is 6.30. The molecule has 0 unspecified atom stereocenters. The van der Waals surface area contributed by atoms with Gasteiger partial charge in [0.15, 0.2) is 0 Å². The first kappa shape index (κ1) is 17.9. The van der Waals surface area contributed by atoms with Crippen molar-refractivity contribution in [3.63, 3.8) is 0 Å². The number of ether oxygens (including phenoxy) is 1. The predicted octanol–water partition coefficient (Wildman–Crippen LogP) is 4.58. The summed E-state index contributed by atoms with van der Waals surface area (Å²) in [6.45, 7) is 3.97. The topological polar surface area (TPSA) is 87.0 Å². The molecule has 0 aliphatic heterocycles. The van der Waals surface area contributed by atoms with Crippen molar-refractivity contribution in [2.75, 3.05) is 5.73 Å². The zero-order valence-electron chi connectivity index (χ0n) is 15.6. The number of aromatic nitrogens is 2. The van der Waals surface area contributed by atoms with Gasteiger partial charge in [-0.15, -0.1) is 10.2 Å². The van der Waals surface area contributed by atoms with E-state index < -0.39 is 0 Å². The Morgan fingerprint density at radius 1 is 1.15 bits per heavy atom. The van der Waals surface area contributed by atoms with Crippen LogP contribution in [-0.2, 0) is 6.42 Å². The molecular formula is C21H24N4OS. The van der Waals surface area contributed by atoms with Crippen molar-refractivity contribution in [3.05, 3.63) is 47.5 Å². The molecule has 0 bridgehead atoms. The fourth-order valence-corrected chi connectivity index (χ4v) is 4.47. The van der Waals surface area contributed by atoms with Crippen molar-refractivity contribution < 1.29 is 4.74 Å². The SMILES string of the molecule is CC(C)Oc1ccc(-c2nnc(-c3cccc4c3CCC[C@H]4N)s2)cc1N. The summed E-state index contributed by atoms with van der Waals surface area (Å²) in [5.74, 6) is 0.699. The highest BCUT2D eigenvalue weighted by molar-refractivity contribution is 7.17. The Labute approximate surface area is 163 Å². The Kier molecular flexibility index (Phi) is 4.85. The van der Waals surface area contributed by atoms with Gasteiger partial charge in [-0.05, 0) is 62.4 Å². The highest BCUT2D eigenvalue weighted by Crippen LogP contribution is 2.38. The minimum atomic E-state index is 0.0851. The lowest BCUT2D eigenvalue weighted by Gasteiger charge is -2.23. The third-order valence-corrected chi connectivity index (χ3v) is 5.83. The number of benzene rings is 2. The third kappa shape index (κ3) is 3.55. The maximum Gasteiger partial charge on any atom is 0.148 e. The van der Waals surface area contributed by atoms with E-state index in [1.807, 2.05) is 32.0 Å². The first-order valence-corrected chi connectivity index (χ1v) is 10.1. The first-order valence-electron chi connectivity index (χ1n) is 9.30. The van der Waals surface area contributed by atoms with Crippen molar-refractivity contribution in [2.45, 2.75) is 45.3 Å². The summed E-state index contributed by atoms with van der Waals surface area (Å²) in [4.78, 5) is 0. The number of nitrogens with zero attached hydrogens (tertiary/aromatic N) is 2. The van der Waals surface area contributed by atoms with Crippen LogP contribution in [0.25, 0.3) is 21.1 Å². The van der Waals surface area contributed by atoms with Crippen molar-refractivity contribution in [1.82, 2.24) is 10.2 Å². The van der Waals surface area contributed by atoms with Crippen molar-refractivity contribution >= 4 is 17.0 Å². The van der Waals surface area contributed by atoms with E-state index in [1.54, 1.807) is 11.3 Å². The molecule has 0 radical (unpaired) electrons. The van der Waals surface area contributed by atoms with Crippen LogP contribution in [0.3, 0.4) is 0 Å². The van der Waals surface area contributed by atoms with Gasteiger partial charge in [0, 0.05) is 17.2 Å². The number of nitrogens with two attached hydrogens (primary N) is 2. The Hall–Kier alpha value is -2.44. The second-order valence-electron chi connectivity index (χ2n) is 7.20. The van der Waals surface area contributed by atoms with Crippen molar-refractivity contribution in [1.29, 1.82) is 0 Å². The van der Waals surface area contributed by atoms with Gasteiger partial charge in [-0.25, -0.2) is 0 Å². The Balaban J connectivity index is 1.67. The van der Waals surface area contributed by atoms with Crippen LogP contribution in [0, 0.1) is 0 Å². The van der Waals surface area contributed by atoms with Crippen molar-refractivity contribution in [3.8, 4) is 26.9 Å². The maximum atomic E-state index is 6.30. The van der Waals surface area contributed by atoms with Crippen LogP contribution in [0.4, 0.5) is 5.69 Å². The van der Waals surface area contributed by atoms with Crippen LogP contribution < -0.4 is 16.2 Å². The smallest absolute Gasteiger partial charge is 0.148 e. The molecular weight excluding hydrogens is 356 g/mol. The van der Waals surface area contributed by atoms with Gasteiger partial charge < -0.3 is 16.2 Å². The van der Waals surface area contributed by atoms with E-state index in [0.29, 0.717) is 11.4 Å². The molecule has 3 aromatic rings. The molecule has 0 saturated carbocycles. The van der Waals surface area contributed by atoms with Gasteiger partial charge >= 0.3 is 0 Å². The summed E-state index contributed by atoms with van der Waals surface area (Å²) in [5.41, 5.74) is 17.7. The Morgan fingerprint density at radius 3 is 2.74 bits per heavy atom. The van der Waals surface area contributed by atoms with Crippen LogP contribution in [0.2, 0.25) is 0 Å². The lowest BCUT2D eigenvalue weighted by molar-refractivity contribution is 0.244. The molecule has 27 heavy (non-hydrogen) atoms. The Morgan fingerprint density at radius 2 is 1.96 bits per heavy atom. The van der Waals surface area contributed by atoms with Gasteiger partial charge in [0.1, 0.15) is 15.8 Å². The summed E-state index contributed by atoms with van der Waals surface area (Å²) in [6, 6.07) is 12.2. The van der Waals surface area contributed by atoms with Gasteiger partial charge in [0.2, 0.25) is 0 Å². The summed E-state index contributed by atoms with van der Waals surface area (Å²) >= 11 is 1.58. The summed E-state index contributed by atoms with van der Waals surface area (Å²) in [5, 5.41) is 10.6. The quantitative estimate of drug-likeness (QED) is 0.647. The van der Waals surface area contributed by atoms with Crippen LogP contribution in [0.5, 0.6) is 5.75 Å². The number of anilines is 1. The highest BCUT2D eigenvalue weighted by atomic mass is 32.1. The summed E-state index contributed by atoms with van der Waals surface area (Å²) in [6.07, 6.45) is 3.29. The normalized spacial score (nSPS) is 16.4. The molecule has 1 aromatic heterocycles. The second kappa shape index (κ2) is 7.29. The zero-order valence-corrected chi connectivity index (χ0v) is 16.4. The number of fused-ring (bicyclic) bond motifs is 1. The highest BCUT2D eigenvalue weighted by Gasteiger charge is 2.21. The molecule has 1 atom stereocenters. The van der Waals surface area contributed by atoms with Gasteiger partial charge in [-0.2, -0.15) is 0 Å². The number of rotatable bonds is 4. The van der Waals surface area contributed by atoms with Gasteiger partial charge in [0.05, 0.1) is 11.8 Å². The number of hydrogen-bond donors (Lipinski definition) is 2. The van der Waals surface area contributed by atoms with Crippen LogP contribution in [0.1, 0.15) is 43.9 Å². The summed E-state index contributed by atoms with van der Waals surface area (Å²) < 4.78 is 5.71. The zero-order chi connectivity index (χ0) is 19.0. The van der Waals surface area contributed by atoms with Crippen LogP contribution in [-0.4, -0.2) is 16.3 Å². The Bertz CT molecular complexity index is 967. The van der Waals surface area contributed by atoms with Gasteiger partial charge in [-0.3, -0.25) is 0 Å². The molecule has 0 fully saturated rings. The van der Waals surface area contributed by atoms with Gasteiger partial charge in [0.25, 0.3) is 0 Å². The van der Waals surface area contributed by atoms with Crippen LogP contribution >= 0.6 is 11.3 Å². The fourth-order valence-electron chi connectivity index (χ4n) is 3.58. The van der Waals surface area contributed by atoms with Gasteiger partial charge in [-0.1, -0.05) is 29.5 Å². The molecule has 0 amide bonds. The van der Waals surface area contributed by atoms with E-state index in [9.17, 15) is 0 Å². The van der Waals surface area contributed by atoms with E-state index in [2.05, 4.69) is 28.4 Å². The molecule has 0 saturated heterocycles. The molecule has 1 aliphatic carbocycles. The number of hydrogen-bond acceptors (Lipinski definition) is 6. The lowest BCUT2D eigenvalue weighted by Crippen LogP contribution is -2.17. The van der Waals surface area contributed by atoms with E-state index in [1.165, 1.54) is 11.1 Å². The average Bonchev–Trinajstić information content (AvgIpc) is 3.13. The standard InChI is InChI=1S/C21H24N4OS/c1-12(2)26-19-10-9-13(11-18(19)23)20-24-25-21(27-20)16-7-3-6-15-14(16)5-4-8-17(15)22/h3,6-7,9-12,17H,4-5,8,22-23H2,1-2H3/t17-/m1/s1. The molecule has 1 aliphatic rings. The lowest BCUT2D eigenvalue weighted by atomic mass is 9.85. The molecule has 1 heterocycles. The number of nitrogen functional groups attached to an aromatic ring is 1. The molecule has 4 rings (SSSR count). The average molecular weight is 381 g/mol. The van der Waals surface area contributed by atoms with E-state index in [4.69, 9.17) is 16.2 Å². The van der Waals surface area contributed by atoms with Crippen molar-refractivity contribution in [2.24, 2.45) is 5.73 Å². The monoisotopic (exact) mass is 380 g/mol. The molecule has 4 N–H and O–H groups in total. The molecule has 2 aromatic carbocycles. The molecule has 5 nitrogen and oxygen atoms in total. The van der Waals surface area contributed by atoms with E-state index >= 15 is 0 Å². The minimum Gasteiger partial charge on any atom is -0.489 e. The molecule has 0 spiro atoms. The van der Waals surface area contributed by atoms with E-state index in [0.717, 1.165) is 40.4 Å². The largest absolute Gasteiger partial charge is 0.489 e. The third-order valence-electron chi connectivity index (χ3n) is 4.83. The summed E-state index contributed by atoms with van der Waals surface area (Å²) in [7, 11) is 0. The molecule has 140 valence electrons. The molecule has 6 heteroatoms. The first-order chi connectivity index (χ1) is 13.0. The minimum absolute atomic E-state index is 0.0851. The van der Waals surface area contributed by atoms with E-state index in [-0.39, 0.29) is 12.1 Å². The second-order valence-corrected chi connectivity index (χ2v) is 8.18. The fraction of sp³-hybridized carbons (Fsp3) is 0.333. The predicted molar refractivity (Wildman–Crippen MR) is 111 cm³/mol. The van der Waals surface area contributed by atoms with Crippen LogP contribution in [0.15, 0.2) is 36.4 Å².